The van der Waals surface area contributed by atoms with Gasteiger partial charge in [0.25, 0.3) is 0 Å². The van der Waals surface area contributed by atoms with Crippen molar-refractivity contribution in [2.45, 2.75) is 26.7 Å². The Labute approximate surface area is 95.8 Å². The maximum atomic E-state index is 10.8. The summed E-state index contributed by atoms with van der Waals surface area (Å²) >= 11 is 6.15. The second-order valence-electron chi connectivity index (χ2n) is 3.57. The standard InChI is InChI=1S/C13H15ClO/c1-3-4-12(9-15)13(14)11-7-5-10(2)6-8-11/h5-9H,3-4H2,1-2H3. The molecular formula is C13H15ClO. The van der Waals surface area contributed by atoms with Crippen LogP contribution in [0, 0.1) is 6.92 Å². The molecule has 0 fully saturated rings. The number of aldehydes is 1. The Morgan fingerprint density at radius 3 is 2.40 bits per heavy atom. The molecule has 0 bridgehead atoms. The Kier molecular flexibility index (Phi) is 4.57. The molecule has 0 amide bonds. The maximum absolute atomic E-state index is 10.8. The summed E-state index contributed by atoms with van der Waals surface area (Å²) in [6.45, 7) is 4.05. The van der Waals surface area contributed by atoms with Crippen molar-refractivity contribution in [3.05, 3.63) is 41.0 Å². The van der Waals surface area contributed by atoms with Gasteiger partial charge in [0.15, 0.2) is 0 Å². The van der Waals surface area contributed by atoms with E-state index in [0.29, 0.717) is 10.6 Å². The lowest BCUT2D eigenvalue weighted by atomic mass is 10.1. The van der Waals surface area contributed by atoms with Gasteiger partial charge in [0.1, 0.15) is 6.29 Å². The van der Waals surface area contributed by atoms with Crippen molar-refractivity contribution in [3.63, 3.8) is 0 Å². The molecular weight excluding hydrogens is 208 g/mol. The highest BCUT2D eigenvalue weighted by molar-refractivity contribution is 6.50. The Morgan fingerprint density at radius 2 is 1.93 bits per heavy atom. The van der Waals surface area contributed by atoms with E-state index in [1.807, 2.05) is 38.1 Å². The molecule has 0 heterocycles. The molecule has 15 heavy (non-hydrogen) atoms. The first-order valence-electron chi connectivity index (χ1n) is 5.10. The third-order valence-electron chi connectivity index (χ3n) is 2.25. The lowest BCUT2D eigenvalue weighted by Crippen LogP contribution is -1.89. The largest absolute Gasteiger partial charge is 0.298 e. The van der Waals surface area contributed by atoms with E-state index >= 15 is 0 Å². The number of halogens is 1. The number of allylic oxidation sites excluding steroid dienone is 1. The third-order valence-corrected chi connectivity index (χ3v) is 2.71. The zero-order valence-electron chi connectivity index (χ0n) is 9.09. The molecule has 0 spiro atoms. The van der Waals surface area contributed by atoms with Crippen molar-refractivity contribution >= 4 is 22.9 Å². The molecule has 1 nitrogen and oxygen atoms in total. The van der Waals surface area contributed by atoms with Gasteiger partial charge in [0.05, 0.1) is 5.03 Å². The quantitative estimate of drug-likeness (QED) is 0.557. The number of rotatable bonds is 4. The normalized spacial score (nSPS) is 12.2. The highest BCUT2D eigenvalue weighted by Crippen LogP contribution is 2.24. The summed E-state index contributed by atoms with van der Waals surface area (Å²) in [5.74, 6) is 0. The first-order valence-corrected chi connectivity index (χ1v) is 5.47. The van der Waals surface area contributed by atoms with E-state index in [9.17, 15) is 4.79 Å². The summed E-state index contributed by atoms with van der Waals surface area (Å²) in [7, 11) is 0. The van der Waals surface area contributed by atoms with Crippen LogP contribution in [0.1, 0.15) is 30.9 Å². The van der Waals surface area contributed by atoms with Gasteiger partial charge in [-0.25, -0.2) is 0 Å². The van der Waals surface area contributed by atoms with E-state index in [4.69, 9.17) is 11.6 Å². The molecule has 0 aromatic heterocycles. The van der Waals surface area contributed by atoms with Crippen LogP contribution in [0.5, 0.6) is 0 Å². The molecule has 1 aromatic carbocycles. The minimum atomic E-state index is 0.576. The van der Waals surface area contributed by atoms with E-state index in [1.54, 1.807) is 0 Å². The molecule has 0 saturated heterocycles. The van der Waals surface area contributed by atoms with Crippen molar-refractivity contribution in [3.8, 4) is 0 Å². The molecule has 0 unspecified atom stereocenters. The minimum absolute atomic E-state index is 0.576. The molecule has 0 aliphatic heterocycles. The Hall–Kier alpha value is -1.08. The number of hydrogen-bond donors (Lipinski definition) is 0. The Morgan fingerprint density at radius 1 is 1.33 bits per heavy atom. The van der Waals surface area contributed by atoms with Crippen LogP contribution in [0.4, 0.5) is 0 Å². The molecule has 0 saturated carbocycles. The second-order valence-corrected chi connectivity index (χ2v) is 3.95. The fourth-order valence-electron chi connectivity index (χ4n) is 1.38. The molecule has 2 heteroatoms. The monoisotopic (exact) mass is 222 g/mol. The van der Waals surface area contributed by atoms with E-state index in [-0.39, 0.29) is 0 Å². The molecule has 0 radical (unpaired) electrons. The smallest absolute Gasteiger partial charge is 0.147 e. The third kappa shape index (κ3) is 3.21. The van der Waals surface area contributed by atoms with Crippen molar-refractivity contribution in [1.82, 2.24) is 0 Å². The van der Waals surface area contributed by atoms with Crippen LogP contribution in [0.25, 0.3) is 5.03 Å². The average molecular weight is 223 g/mol. The van der Waals surface area contributed by atoms with E-state index in [1.165, 1.54) is 5.56 Å². The number of hydrogen-bond acceptors (Lipinski definition) is 1. The van der Waals surface area contributed by atoms with Gasteiger partial charge < -0.3 is 0 Å². The fraction of sp³-hybridized carbons (Fsp3) is 0.308. The van der Waals surface area contributed by atoms with E-state index < -0.39 is 0 Å². The van der Waals surface area contributed by atoms with Crippen LogP contribution in [-0.2, 0) is 4.79 Å². The second kappa shape index (κ2) is 5.72. The van der Waals surface area contributed by atoms with Crippen LogP contribution < -0.4 is 0 Å². The van der Waals surface area contributed by atoms with Gasteiger partial charge in [0, 0.05) is 5.57 Å². The van der Waals surface area contributed by atoms with Crippen molar-refractivity contribution in [2.75, 3.05) is 0 Å². The molecule has 80 valence electrons. The number of carbonyl (C=O) groups is 1. The zero-order valence-corrected chi connectivity index (χ0v) is 9.84. The summed E-state index contributed by atoms with van der Waals surface area (Å²) in [6, 6.07) is 7.87. The summed E-state index contributed by atoms with van der Waals surface area (Å²) in [5.41, 5.74) is 2.78. The van der Waals surface area contributed by atoms with Gasteiger partial charge >= 0.3 is 0 Å². The van der Waals surface area contributed by atoms with Crippen LogP contribution in [-0.4, -0.2) is 6.29 Å². The highest BCUT2D eigenvalue weighted by Gasteiger charge is 2.05. The predicted octanol–water partition coefficient (Wildman–Crippen LogP) is 3.94. The van der Waals surface area contributed by atoms with Gasteiger partial charge in [-0.3, -0.25) is 4.79 Å². The molecule has 0 aliphatic carbocycles. The molecule has 0 aliphatic rings. The van der Waals surface area contributed by atoms with Gasteiger partial charge in [-0.15, -0.1) is 0 Å². The average Bonchev–Trinajstić information content (AvgIpc) is 2.26. The van der Waals surface area contributed by atoms with Gasteiger partial charge in [-0.1, -0.05) is 54.8 Å². The zero-order chi connectivity index (χ0) is 11.3. The molecule has 1 rings (SSSR count). The summed E-state index contributed by atoms with van der Waals surface area (Å²) in [4.78, 5) is 10.8. The number of carbonyl (C=O) groups excluding carboxylic acids is 1. The number of aryl methyl sites for hydroxylation is 1. The SMILES string of the molecule is CCCC(C=O)=C(Cl)c1ccc(C)cc1. The van der Waals surface area contributed by atoms with Gasteiger partial charge in [0.2, 0.25) is 0 Å². The van der Waals surface area contributed by atoms with Crippen molar-refractivity contribution in [2.24, 2.45) is 0 Å². The summed E-state index contributed by atoms with van der Waals surface area (Å²) in [5, 5.41) is 0.576. The van der Waals surface area contributed by atoms with Crippen LogP contribution in [0.15, 0.2) is 29.8 Å². The van der Waals surface area contributed by atoms with E-state index in [2.05, 4.69) is 0 Å². The van der Waals surface area contributed by atoms with Gasteiger partial charge in [-0.2, -0.15) is 0 Å². The topological polar surface area (TPSA) is 17.1 Å². The predicted molar refractivity (Wildman–Crippen MR) is 64.9 cm³/mol. The van der Waals surface area contributed by atoms with E-state index in [0.717, 1.165) is 24.7 Å². The van der Waals surface area contributed by atoms with Crippen molar-refractivity contribution < 1.29 is 4.79 Å². The Bertz CT molecular complexity index is 363. The lowest BCUT2D eigenvalue weighted by molar-refractivity contribution is -0.105. The molecule has 0 N–H and O–H groups in total. The van der Waals surface area contributed by atoms with Crippen LogP contribution in [0.3, 0.4) is 0 Å². The molecule has 0 atom stereocenters. The summed E-state index contributed by atoms with van der Waals surface area (Å²) < 4.78 is 0. The fourth-order valence-corrected chi connectivity index (χ4v) is 1.64. The maximum Gasteiger partial charge on any atom is 0.147 e. The highest BCUT2D eigenvalue weighted by atomic mass is 35.5. The van der Waals surface area contributed by atoms with Gasteiger partial charge in [-0.05, 0) is 18.9 Å². The molecule has 1 aromatic rings. The first-order chi connectivity index (χ1) is 7.19. The number of benzene rings is 1. The van der Waals surface area contributed by atoms with Crippen LogP contribution in [0.2, 0.25) is 0 Å². The first kappa shape index (κ1) is 12.0. The summed E-state index contributed by atoms with van der Waals surface area (Å²) in [6.07, 6.45) is 2.51. The van der Waals surface area contributed by atoms with Crippen molar-refractivity contribution in [1.29, 1.82) is 0 Å². The van der Waals surface area contributed by atoms with Crippen LogP contribution >= 0.6 is 11.6 Å². The Balaban J connectivity index is 3.04. The minimum Gasteiger partial charge on any atom is -0.298 e. The lowest BCUT2D eigenvalue weighted by Gasteiger charge is -2.04.